The highest BCUT2D eigenvalue weighted by atomic mass is 32.2. The topological polar surface area (TPSA) is 66.5 Å². The lowest BCUT2D eigenvalue weighted by Gasteiger charge is -2.32. The van der Waals surface area contributed by atoms with Crippen molar-refractivity contribution in [2.75, 3.05) is 18.8 Å². The molecule has 2 amide bonds. The second-order valence-corrected chi connectivity index (χ2v) is 9.11. The maximum Gasteiger partial charge on any atom is 0.317 e. The Bertz CT molecular complexity index is 576. The van der Waals surface area contributed by atoms with Crippen LogP contribution in [0.1, 0.15) is 44.0 Å². The Labute approximate surface area is 136 Å². The van der Waals surface area contributed by atoms with Crippen LogP contribution in [0.25, 0.3) is 0 Å². The van der Waals surface area contributed by atoms with Crippen LogP contribution < -0.4 is 5.32 Å². The van der Waals surface area contributed by atoms with Crippen molar-refractivity contribution in [2.24, 2.45) is 0 Å². The first-order valence-electron chi connectivity index (χ1n) is 7.78. The number of hydrogen-bond acceptors (Lipinski definition) is 4. The van der Waals surface area contributed by atoms with Crippen LogP contribution in [0.15, 0.2) is 17.5 Å². The fourth-order valence-corrected chi connectivity index (χ4v) is 5.02. The predicted molar refractivity (Wildman–Crippen MR) is 89.9 cm³/mol. The zero-order valence-electron chi connectivity index (χ0n) is 13.1. The molecule has 0 bridgehead atoms. The summed E-state index contributed by atoms with van der Waals surface area (Å²) < 4.78 is 23.8. The van der Waals surface area contributed by atoms with Crippen molar-refractivity contribution in [1.82, 2.24) is 10.2 Å². The fraction of sp³-hybridized carbons (Fsp3) is 0.667. The lowest BCUT2D eigenvalue weighted by atomic mass is 10.1. The molecule has 1 aliphatic heterocycles. The van der Waals surface area contributed by atoms with E-state index in [9.17, 15) is 13.2 Å². The highest BCUT2D eigenvalue weighted by Gasteiger charge is 2.30. The van der Waals surface area contributed by atoms with Gasteiger partial charge in [0, 0.05) is 23.7 Å². The van der Waals surface area contributed by atoms with Gasteiger partial charge in [-0.3, -0.25) is 0 Å². The van der Waals surface area contributed by atoms with Crippen molar-refractivity contribution in [2.45, 2.75) is 44.4 Å². The van der Waals surface area contributed by atoms with Gasteiger partial charge in [0.15, 0.2) is 9.84 Å². The van der Waals surface area contributed by atoms with E-state index in [0.717, 1.165) is 11.3 Å². The van der Waals surface area contributed by atoms with Crippen molar-refractivity contribution < 1.29 is 13.2 Å². The van der Waals surface area contributed by atoms with Gasteiger partial charge in [0.2, 0.25) is 0 Å². The molecule has 0 spiro atoms. The number of carbonyl (C=O) groups excluding carboxylic acids is 1. The number of amides is 2. The summed E-state index contributed by atoms with van der Waals surface area (Å²) in [4.78, 5) is 15.2. The minimum atomic E-state index is -2.99. The van der Waals surface area contributed by atoms with Gasteiger partial charge < -0.3 is 10.2 Å². The Morgan fingerprint density at radius 3 is 2.59 bits per heavy atom. The number of nitrogens with one attached hydrogen (secondary N) is 1. The molecule has 0 aliphatic carbocycles. The number of thiophene rings is 1. The van der Waals surface area contributed by atoms with Crippen LogP contribution >= 0.6 is 11.3 Å². The summed E-state index contributed by atoms with van der Waals surface area (Å²) in [7, 11) is -2.99. The molecule has 0 unspecified atom stereocenters. The number of nitrogens with zero attached hydrogens (tertiary/aromatic N) is 1. The molecular formula is C15H24N2O3S2. The second-order valence-electron chi connectivity index (χ2n) is 5.56. The maximum atomic E-state index is 12.4. The summed E-state index contributed by atoms with van der Waals surface area (Å²) in [5.41, 5.74) is 0. The molecule has 2 rings (SSSR count). The molecule has 1 saturated heterocycles. The minimum absolute atomic E-state index is 0.0320. The van der Waals surface area contributed by atoms with Gasteiger partial charge in [0.25, 0.3) is 0 Å². The Morgan fingerprint density at radius 2 is 2.09 bits per heavy atom. The second kappa shape index (κ2) is 7.46. The summed E-state index contributed by atoms with van der Waals surface area (Å²) in [5, 5.41) is 4.77. The van der Waals surface area contributed by atoms with E-state index in [1.165, 1.54) is 0 Å². The normalized spacial score (nSPS) is 18.2. The summed E-state index contributed by atoms with van der Waals surface area (Å²) in [5.74, 6) is 0.181. The van der Waals surface area contributed by atoms with Crippen LogP contribution in [0.4, 0.5) is 4.79 Å². The Balaban J connectivity index is 1.90. The molecular weight excluding hydrogens is 320 g/mol. The molecule has 1 aromatic heterocycles. The van der Waals surface area contributed by atoms with E-state index in [1.54, 1.807) is 23.2 Å². The van der Waals surface area contributed by atoms with E-state index in [4.69, 9.17) is 0 Å². The summed E-state index contributed by atoms with van der Waals surface area (Å²) in [6.45, 7) is 4.75. The van der Waals surface area contributed by atoms with Crippen molar-refractivity contribution in [1.29, 1.82) is 0 Å². The SMILES string of the molecule is CC[C@@H](NC(=O)N1CCC(S(=O)(=O)CC)CC1)c1cccs1. The Morgan fingerprint density at radius 1 is 1.41 bits per heavy atom. The van der Waals surface area contributed by atoms with Crippen molar-refractivity contribution in [3.05, 3.63) is 22.4 Å². The Hall–Kier alpha value is -1.08. The summed E-state index contributed by atoms with van der Waals surface area (Å²) in [6.07, 6.45) is 1.92. The van der Waals surface area contributed by atoms with Gasteiger partial charge in [-0.2, -0.15) is 0 Å². The van der Waals surface area contributed by atoms with Crippen LogP contribution in [0.5, 0.6) is 0 Å². The number of sulfone groups is 1. The van der Waals surface area contributed by atoms with E-state index in [2.05, 4.69) is 5.32 Å². The predicted octanol–water partition coefficient (Wildman–Crippen LogP) is 2.81. The highest BCUT2D eigenvalue weighted by molar-refractivity contribution is 7.92. The van der Waals surface area contributed by atoms with Gasteiger partial charge in [-0.05, 0) is 30.7 Å². The molecule has 1 aliphatic rings. The Kier molecular flexibility index (Phi) is 5.86. The minimum Gasteiger partial charge on any atom is -0.330 e. The van der Waals surface area contributed by atoms with Crippen molar-refractivity contribution in [3.8, 4) is 0 Å². The molecule has 1 N–H and O–H groups in total. The number of hydrogen-bond donors (Lipinski definition) is 1. The van der Waals surface area contributed by atoms with Crippen LogP contribution in [0, 0.1) is 0 Å². The molecule has 1 fully saturated rings. The third kappa shape index (κ3) is 4.01. The first-order valence-corrected chi connectivity index (χ1v) is 10.4. The molecule has 0 saturated carbocycles. The van der Waals surface area contributed by atoms with Gasteiger partial charge in [0.05, 0.1) is 11.3 Å². The van der Waals surface area contributed by atoms with E-state index < -0.39 is 9.84 Å². The molecule has 2 heterocycles. The lowest BCUT2D eigenvalue weighted by molar-refractivity contribution is 0.182. The van der Waals surface area contributed by atoms with E-state index >= 15 is 0 Å². The van der Waals surface area contributed by atoms with Gasteiger partial charge in [-0.15, -0.1) is 11.3 Å². The lowest BCUT2D eigenvalue weighted by Crippen LogP contribution is -2.47. The smallest absolute Gasteiger partial charge is 0.317 e. The highest BCUT2D eigenvalue weighted by Crippen LogP contribution is 2.23. The zero-order valence-corrected chi connectivity index (χ0v) is 14.8. The molecule has 1 atom stereocenters. The van der Waals surface area contributed by atoms with Gasteiger partial charge in [-0.25, -0.2) is 13.2 Å². The first-order chi connectivity index (χ1) is 10.5. The van der Waals surface area contributed by atoms with E-state index in [-0.39, 0.29) is 23.1 Å². The molecule has 22 heavy (non-hydrogen) atoms. The van der Waals surface area contributed by atoms with Crippen LogP contribution in [-0.4, -0.2) is 43.4 Å². The molecule has 5 nitrogen and oxygen atoms in total. The zero-order chi connectivity index (χ0) is 16.2. The molecule has 7 heteroatoms. The number of piperidine rings is 1. The van der Waals surface area contributed by atoms with Crippen molar-refractivity contribution in [3.63, 3.8) is 0 Å². The van der Waals surface area contributed by atoms with Gasteiger partial charge in [0.1, 0.15) is 0 Å². The largest absolute Gasteiger partial charge is 0.330 e. The fourth-order valence-electron chi connectivity index (χ4n) is 2.76. The molecule has 1 aromatic rings. The van der Waals surface area contributed by atoms with Gasteiger partial charge >= 0.3 is 6.03 Å². The third-order valence-electron chi connectivity index (χ3n) is 4.23. The monoisotopic (exact) mass is 344 g/mol. The van der Waals surface area contributed by atoms with E-state index in [1.807, 2.05) is 24.4 Å². The van der Waals surface area contributed by atoms with Gasteiger partial charge in [-0.1, -0.05) is 19.9 Å². The summed E-state index contributed by atoms with van der Waals surface area (Å²) >= 11 is 1.64. The number of carbonyl (C=O) groups is 1. The third-order valence-corrected chi connectivity index (χ3v) is 7.51. The average molecular weight is 345 g/mol. The number of urea groups is 1. The van der Waals surface area contributed by atoms with Crippen LogP contribution in [-0.2, 0) is 9.84 Å². The molecule has 124 valence electrons. The van der Waals surface area contributed by atoms with Crippen LogP contribution in [0.3, 0.4) is 0 Å². The molecule has 0 aromatic carbocycles. The quantitative estimate of drug-likeness (QED) is 0.893. The number of likely N-dealkylation sites (tertiary alicyclic amines) is 1. The average Bonchev–Trinajstić information content (AvgIpc) is 3.06. The van der Waals surface area contributed by atoms with E-state index in [0.29, 0.717) is 25.9 Å². The first kappa shape index (κ1) is 17.3. The number of rotatable bonds is 5. The van der Waals surface area contributed by atoms with Crippen LogP contribution in [0.2, 0.25) is 0 Å². The standard InChI is InChI=1S/C15H24N2O3S2/c1-3-13(14-6-5-11-21-14)16-15(18)17-9-7-12(8-10-17)22(19,20)4-2/h5-6,11-13H,3-4,7-10H2,1-2H3,(H,16,18)/t13-/m1/s1. The van der Waals surface area contributed by atoms with Crippen molar-refractivity contribution >= 4 is 27.2 Å². The maximum absolute atomic E-state index is 12.4. The molecule has 0 radical (unpaired) electrons. The summed E-state index contributed by atoms with van der Waals surface area (Å²) in [6, 6.07) is 3.95.